The Morgan fingerprint density at radius 1 is 0.938 bits per heavy atom. The van der Waals surface area contributed by atoms with Crippen molar-refractivity contribution in [2.24, 2.45) is 0 Å². The van der Waals surface area contributed by atoms with Gasteiger partial charge in [0.05, 0.1) is 0 Å². The quantitative estimate of drug-likeness (QED) is 0.465. The van der Waals surface area contributed by atoms with E-state index >= 15 is 0 Å². The van der Waals surface area contributed by atoms with Gasteiger partial charge in [0.1, 0.15) is 0 Å². The molecule has 0 unspecified atom stereocenters. The van der Waals surface area contributed by atoms with E-state index in [-0.39, 0.29) is 5.78 Å². The molecule has 2 aromatic carbocycles. The Labute approximate surface area is 109 Å². The number of carbonyl (C=O) groups is 1. The summed E-state index contributed by atoms with van der Waals surface area (Å²) in [6.45, 7) is 0. The molecule has 0 bridgehead atoms. The van der Waals surface area contributed by atoms with Crippen molar-refractivity contribution in [2.75, 3.05) is 5.73 Å². The summed E-state index contributed by atoms with van der Waals surface area (Å²) in [4.78, 5) is 12.1. The molecule has 0 amide bonds. The third-order valence-electron chi connectivity index (χ3n) is 2.99. The van der Waals surface area contributed by atoms with E-state index in [1.807, 2.05) is 30.3 Å². The molecule has 0 fully saturated rings. The molecule has 2 N–H and O–H groups in total. The Balaban J connectivity index is 2.38. The molecule has 73 valence electrons. The van der Waals surface area contributed by atoms with Crippen LogP contribution >= 0.6 is 0 Å². The molecule has 1 aliphatic rings. The summed E-state index contributed by atoms with van der Waals surface area (Å²) < 4.78 is 1.21. The molecular formula is C13H8HgNO. The molecule has 1 aliphatic carbocycles. The fourth-order valence-corrected chi connectivity index (χ4v) is 3.32. The third-order valence-corrected chi connectivity index (χ3v) is 5.37. The molecule has 0 aliphatic heterocycles. The number of fused-ring (bicyclic) bond motifs is 3. The van der Waals surface area contributed by atoms with Crippen LogP contribution in [0.4, 0.5) is 5.69 Å². The predicted molar refractivity (Wildman–Crippen MR) is 59.4 cm³/mol. The Hall–Kier alpha value is -1.15. The Morgan fingerprint density at radius 2 is 1.62 bits per heavy atom. The van der Waals surface area contributed by atoms with Crippen LogP contribution in [0.3, 0.4) is 0 Å². The Bertz CT molecular complexity index is 619. The average Bonchev–Trinajstić information content (AvgIpc) is 2.55. The summed E-state index contributed by atoms with van der Waals surface area (Å²) in [6, 6.07) is 11.7. The fraction of sp³-hybridized carbons (Fsp3) is 0. The normalized spacial score (nSPS) is 12.5. The van der Waals surface area contributed by atoms with E-state index in [4.69, 9.17) is 5.73 Å². The van der Waals surface area contributed by atoms with Crippen LogP contribution in [0.25, 0.3) is 11.1 Å². The number of carbonyl (C=O) groups excluding carboxylic acids is 1. The van der Waals surface area contributed by atoms with Crippen LogP contribution in [0, 0.1) is 0 Å². The van der Waals surface area contributed by atoms with E-state index in [1.165, 1.54) is 3.07 Å². The van der Waals surface area contributed by atoms with E-state index in [1.54, 1.807) is 0 Å². The minimum atomic E-state index is 0.102. The first-order chi connectivity index (χ1) is 7.68. The van der Waals surface area contributed by atoms with Gasteiger partial charge in [-0.1, -0.05) is 0 Å². The number of ketones is 1. The van der Waals surface area contributed by atoms with Crippen molar-refractivity contribution < 1.29 is 30.9 Å². The van der Waals surface area contributed by atoms with Crippen LogP contribution in [-0.4, -0.2) is 5.78 Å². The van der Waals surface area contributed by atoms with E-state index in [2.05, 4.69) is 6.07 Å². The zero-order valence-electron chi connectivity index (χ0n) is 8.66. The van der Waals surface area contributed by atoms with Gasteiger partial charge in [0, 0.05) is 0 Å². The van der Waals surface area contributed by atoms with Crippen molar-refractivity contribution in [3.63, 3.8) is 0 Å². The number of anilines is 1. The first-order valence-corrected chi connectivity index (χ1v) is 7.83. The van der Waals surface area contributed by atoms with Gasteiger partial charge in [-0.05, 0) is 0 Å². The molecule has 0 saturated carbocycles. The van der Waals surface area contributed by atoms with Crippen LogP contribution in [-0.2, 0) is 26.1 Å². The third kappa shape index (κ3) is 1.26. The van der Waals surface area contributed by atoms with Crippen LogP contribution in [0.1, 0.15) is 15.9 Å². The van der Waals surface area contributed by atoms with Crippen molar-refractivity contribution in [1.29, 1.82) is 0 Å². The first-order valence-electron chi connectivity index (χ1n) is 5.08. The van der Waals surface area contributed by atoms with Crippen LogP contribution in [0.2, 0.25) is 0 Å². The number of rotatable bonds is 0. The molecule has 3 heteroatoms. The van der Waals surface area contributed by atoms with Crippen molar-refractivity contribution in [3.05, 3.63) is 47.5 Å². The number of benzene rings is 2. The van der Waals surface area contributed by atoms with Gasteiger partial charge in [0.2, 0.25) is 0 Å². The van der Waals surface area contributed by atoms with Crippen molar-refractivity contribution in [1.82, 2.24) is 0 Å². The van der Waals surface area contributed by atoms with Gasteiger partial charge in [-0.3, -0.25) is 0 Å². The topological polar surface area (TPSA) is 43.1 Å². The summed E-state index contributed by atoms with van der Waals surface area (Å²) in [5, 5.41) is 0. The van der Waals surface area contributed by atoms with E-state index in [0.717, 1.165) is 27.9 Å². The molecule has 0 aromatic heterocycles. The van der Waals surface area contributed by atoms with Gasteiger partial charge in [-0.15, -0.1) is 0 Å². The SMILES string of the molecule is Nc1cc2c(c[c]1[Hg])-c1ccccc1C2=O. The summed E-state index contributed by atoms with van der Waals surface area (Å²) in [6.07, 6.45) is 0. The Kier molecular flexibility index (Phi) is 2.14. The molecule has 0 spiro atoms. The molecule has 3 rings (SSSR count). The second kappa shape index (κ2) is 3.42. The standard InChI is InChI=1S/C13H8NO.Hg/c14-8-5-6-10-9-3-1-2-4-11(9)13(15)12(10)7-8;/h1-4,6-7H,14H2;. The number of nitrogen functional groups attached to an aromatic ring is 1. The summed E-state index contributed by atoms with van der Waals surface area (Å²) in [5.74, 6) is 0.102. The molecule has 2 aromatic rings. The van der Waals surface area contributed by atoms with Crippen LogP contribution in [0.5, 0.6) is 0 Å². The molecule has 2 nitrogen and oxygen atoms in total. The zero-order valence-corrected chi connectivity index (χ0v) is 14.2. The molecule has 0 saturated heterocycles. The second-order valence-corrected chi connectivity index (χ2v) is 6.93. The average molecular weight is 395 g/mol. The number of hydrogen-bond donors (Lipinski definition) is 1. The van der Waals surface area contributed by atoms with Crippen LogP contribution < -0.4 is 8.81 Å². The molecule has 16 heavy (non-hydrogen) atoms. The minimum absolute atomic E-state index is 0.102. The van der Waals surface area contributed by atoms with Gasteiger partial charge in [-0.2, -0.15) is 0 Å². The van der Waals surface area contributed by atoms with Crippen LogP contribution in [0.15, 0.2) is 36.4 Å². The van der Waals surface area contributed by atoms with E-state index in [9.17, 15) is 4.79 Å². The molecule has 0 heterocycles. The summed E-state index contributed by atoms with van der Waals surface area (Å²) in [5.41, 5.74) is 10.3. The summed E-state index contributed by atoms with van der Waals surface area (Å²) >= 11 is 0.482. The van der Waals surface area contributed by atoms with Crippen molar-refractivity contribution in [3.8, 4) is 11.1 Å². The first kappa shape index (κ1) is 10.0. The van der Waals surface area contributed by atoms with Gasteiger partial charge in [0.25, 0.3) is 0 Å². The van der Waals surface area contributed by atoms with Gasteiger partial charge in [-0.25, -0.2) is 0 Å². The fourth-order valence-electron chi connectivity index (χ4n) is 2.13. The predicted octanol–water partition coefficient (Wildman–Crippen LogP) is 1.65. The second-order valence-electron chi connectivity index (χ2n) is 3.97. The maximum atomic E-state index is 12.1. The molecule has 0 atom stereocenters. The number of nitrogens with two attached hydrogens (primary N) is 1. The van der Waals surface area contributed by atoms with Gasteiger partial charge < -0.3 is 0 Å². The summed E-state index contributed by atoms with van der Waals surface area (Å²) in [7, 11) is 0. The van der Waals surface area contributed by atoms with E-state index < -0.39 is 0 Å². The van der Waals surface area contributed by atoms with Gasteiger partial charge in [0.15, 0.2) is 0 Å². The maximum absolute atomic E-state index is 12.1. The van der Waals surface area contributed by atoms with Gasteiger partial charge >= 0.3 is 110 Å². The van der Waals surface area contributed by atoms with E-state index in [0.29, 0.717) is 26.1 Å². The number of hydrogen-bond acceptors (Lipinski definition) is 2. The molecular weight excluding hydrogens is 387 g/mol. The monoisotopic (exact) mass is 396 g/mol. The Morgan fingerprint density at radius 3 is 2.38 bits per heavy atom. The van der Waals surface area contributed by atoms with Crippen molar-refractivity contribution in [2.45, 2.75) is 0 Å². The zero-order chi connectivity index (χ0) is 11.3. The molecule has 0 radical (unpaired) electrons. The van der Waals surface area contributed by atoms with Crippen molar-refractivity contribution >= 4 is 14.5 Å².